The Morgan fingerprint density at radius 3 is 2.50 bits per heavy atom. The number of aliphatic hydroxyl groups excluding tert-OH is 3. The molecule has 0 saturated carbocycles. The summed E-state index contributed by atoms with van der Waals surface area (Å²) in [5.74, 6) is -3.42. The second kappa shape index (κ2) is 12.1. The molecule has 1 heterocycles. The lowest BCUT2D eigenvalue weighted by atomic mass is 9.92. The van der Waals surface area contributed by atoms with Gasteiger partial charge in [0.15, 0.2) is 5.96 Å². The topological polar surface area (TPSA) is 204 Å². The number of carboxylic acids is 1. The molecular formula is C22H30N4O8. The highest BCUT2D eigenvalue weighted by Crippen LogP contribution is 2.25. The van der Waals surface area contributed by atoms with Gasteiger partial charge in [0.05, 0.1) is 18.7 Å². The normalized spacial score (nSPS) is 22.1. The van der Waals surface area contributed by atoms with Crippen molar-refractivity contribution in [2.24, 2.45) is 10.7 Å². The van der Waals surface area contributed by atoms with Crippen LogP contribution in [0.25, 0.3) is 0 Å². The summed E-state index contributed by atoms with van der Waals surface area (Å²) in [6, 6.07) is 5.26. The number of guanidine groups is 1. The number of aliphatic hydroxyl groups is 3. The van der Waals surface area contributed by atoms with Crippen LogP contribution in [0.4, 0.5) is 0 Å². The van der Waals surface area contributed by atoms with Crippen LogP contribution in [0.2, 0.25) is 0 Å². The highest BCUT2D eigenvalue weighted by atomic mass is 16.5. The molecule has 8 N–H and O–H groups in total. The van der Waals surface area contributed by atoms with E-state index in [0.717, 1.165) is 17.2 Å². The average Bonchev–Trinajstić information content (AvgIpc) is 2.77. The first-order valence-corrected chi connectivity index (χ1v) is 10.6. The SMILES string of the molecule is CC(=O)N[C@H]1[C@H]([C@H](O)[C@H](O)CO)OC(C(=O)O)=C[C@@H]1N=C(N)NC(=O)CCc1ccccc1C. The molecule has 0 aliphatic carbocycles. The van der Waals surface area contributed by atoms with Crippen molar-refractivity contribution < 1.29 is 39.5 Å². The second-order valence-electron chi connectivity index (χ2n) is 7.86. The lowest BCUT2D eigenvalue weighted by Crippen LogP contribution is -2.60. The lowest BCUT2D eigenvalue weighted by Gasteiger charge is -2.38. The average molecular weight is 479 g/mol. The van der Waals surface area contributed by atoms with Crippen LogP contribution in [0.1, 0.15) is 24.5 Å². The minimum absolute atomic E-state index is 0.115. The summed E-state index contributed by atoms with van der Waals surface area (Å²) in [6.07, 6.45) is -3.30. The lowest BCUT2D eigenvalue weighted by molar-refractivity contribution is -0.145. The zero-order chi connectivity index (χ0) is 25.4. The Bertz CT molecular complexity index is 964. The molecule has 34 heavy (non-hydrogen) atoms. The molecule has 1 aromatic rings. The minimum Gasteiger partial charge on any atom is -0.478 e. The summed E-state index contributed by atoms with van der Waals surface area (Å²) in [5.41, 5.74) is 7.90. The molecule has 0 saturated heterocycles. The Hall–Kier alpha value is -3.48. The van der Waals surface area contributed by atoms with Crippen LogP contribution in [-0.4, -0.2) is 81.2 Å². The van der Waals surface area contributed by atoms with Gasteiger partial charge in [0, 0.05) is 13.3 Å². The van der Waals surface area contributed by atoms with Crippen molar-refractivity contribution in [2.75, 3.05) is 6.61 Å². The van der Waals surface area contributed by atoms with Crippen LogP contribution in [0, 0.1) is 6.92 Å². The fourth-order valence-electron chi connectivity index (χ4n) is 3.50. The van der Waals surface area contributed by atoms with Crippen LogP contribution in [0.3, 0.4) is 0 Å². The van der Waals surface area contributed by atoms with Crippen LogP contribution in [0.5, 0.6) is 0 Å². The number of carboxylic acid groups (broad SMARTS) is 1. The summed E-state index contributed by atoms with van der Waals surface area (Å²) >= 11 is 0. The summed E-state index contributed by atoms with van der Waals surface area (Å²) in [4.78, 5) is 39.7. The third-order valence-electron chi connectivity index (χ3n) is 5.24. The fourth-order valence-corrected chi connectivity index (χ4v) is 3.50. The maximum Gasteiger partial charge on any atom is 0.370 e. The van der Waals surface area contributed by atoms with Crippen molar-refractivity contribution in [3.63, 3.8) is 0 Å². The van der Waals surface area contributed by atoms with Gasteiger partial charge in [-0.25, -0.2) is 9.79 Å². The van der Waals surface area contributed by atoms with E-state index in [1.54, 1.807) is 0 Å². The highest BCUT2D eigenvalue weighted by Gasteiger charge is 2.43. The molecule has 1 aliphatic heterocycles. The second-order valence-corrected chi connectivity index (χ2v) is 7.86. The Morgan fingerprint density at radius 2 is 1.91 bits per heavy atom. The molecule has 0 aromatic heterocycles. The molecule has 0 radical (unpaired) electrons. The monoisotopic (exact) mass is 478 g/mol. The summed E-state index contributed by atoms with van der Waals surface area (Å²) in [5, 5.41) is 43.6. The van der Waals surface area contributed by atoms with Crippen LogP contribution >= 0.6 is 0 Å². The standard InChI is InChI=1S/C22H30N4O8/c1-11-5-3-4-6-13(11)7-8-17(30)26-22(23)25-14-9-16(21(32)33)34-20(18(14)24-12(2)28)19(31)15(29)10-27/h3-6,9,14-15,18-20,27,29,31H,7-8,10H2,1-2H3,(H,24,28)(H,32,33)(H3,23,25,26,30)/t14-,15+,18+,19+,20+/m0/s1. The van der Waals surface area contributed by atoms with Gasteiger partial charge in [-0.1, -0.05) is 24.3 Å². The first kappa shape index (κ1) is 26.8. The van der Waals surface area contributed by atoms with Gasteiger partial charge in [-0.05, 0) is 30.5 Å². The van der Waals surface area contributed by atoms with Gasteiger partial charge < -0.3 is 36.2 Å². The first-order valence-electron chi connectivity index (χ1n) is 10.6. The van der Waals surface area contributed by atoms with Gasteiger partial charge >= 0.3 is 5.97 Å². The fraction of sp³-hybridized carbons (Fsp3) is 0.455. The van der Waals surface area contributed by atoms with Gasteiger partial charge in [0.2, 0.25) is 17.6 Å². The zero-order valence-corrected chi connectivity index (χ0v) is 18.8. The van der Waals surface area contributed by atoms with Crippen molar-refractivity contribution >= 4 is 23.7 Å². The number of benzene rings is 1. The van der Waals surface area contributed by atoms with Crippen molar-refractivity contribution in [3.05, 3.63) is 47.2 Å². The third-order valence-corrected chi connectivity index (χ3v) is 5.24. The van der Waals surface area contributed by atoms with Crippen molar-refractivity contribution in [1.82, 2.24) is 10.6 Å². The van der Waals surface area contributed by atoms with E-state index in [1.807, 2.05) is 31.2 Å². The van der Waals surface area contributed by atoms with Crippen LogP contribution < -0.4 is 16.4 Å². The molecular weight excluding hydrogens is 448 g/mol. The molecule has 2 rings (SSSR count). The zero-order valence-electron chi connectivity index (χ0n) is 18.8. The minimum atomic E-state index is -1.77. The van der Waals surface area contributed by atoms with Crippen molar-refractivity contribution in [1.29, 1.82) is 0 Å². The molecule has 0 fully saturated rings. The Balaban J connectivity index is 2.23. The molecule has 5 atom stereocenters. The molecule has 2 amide bonds. The Morgan fingerprint density at radius 1 is 1.24 bits per heavy atom. The van der Waals surface area contributed by atoms with Gasteiger partial charge in [-0.3, -0.25) is 14.9 Å². The number of nitrogens with zero attached hydrogens (tertiary/aromatic N) is 1. The number of amides is 2. The highest BCUT2D eigenvalue weighted by molar-refractivity contribution is 5.96. The van der Waals surface area contributed by atoms with Gasteiger partial charge in [-0.15, -0.1) is 0 Å². The van der Waals surface area contributed by atoms with E-state index in [-0.39, 0.29) is 12.4 Å². The van der Waals surface area contributed by atoms with E-state index in [1.165, 1.54) is 6.92 Å². The summed E-state index contributed by atoms with van der Waals surface area (Å²) < 4.78 is 5.27. The summed E-state index contributed by atoms with van der Waals surface area (Å²) in [6.45, 7) is 2.27. The van der Waals surface area contributed by atoms with E-state index >= 15 is 0 Å². The third kappa shape index (κ3) is 7.27. The molecule has 12 heteroatoms. The number of nitrogens with two attached hydrogens (primary N) is 1. The smallest absolute Gasteiger partial charge is 0.370 e. The quantitative estimate of drug-likeness (QED) is 0.160. The van der Waals surface area contributed by atoms with Crippen LogP contribution in [0.15, 0.2) is 41.1 Å². The van der Waals surface area contributed by atoms with Crippen molar-refractivity contribution in [3.8, 4) is 0 Å². The number of aryl methyl sites for hydroxylation is 2. The molecule has 1 aliphatic rings. The number of hydrogen-bond donors (Lipinski definition) is 7. The predicted octanol–water partition coefficient (Wildman–Crippen LogP) is -1.69. The molecule has 0 unspecified atom stereocenters. The van der Waals surface area contributed by atoms with Gasteiger partial charge in [-0.2, -0.15) is 0 Å². The van der Waals surface area contributed by atoms with E-state index in [9.17, 15) is 29.7 Å². The van der Waals surface area contributed by atoms with Crippen molar-refractivity contribution in [2.45, 2.75) is 57.1 Å². The number of carbonyl (C=O) groups is 3. The first-order chi connectivity index (χ1) is 16.0. The molecule has 0 bridgehead atoms. The van der Waals surface area contributed by atoms with E-state index in [4.69, 9.17) is 15.6 Å². The number of aliphatic imine (C=N–C) groups is 1. The Labute approximate surface area is 196 Å². The van der Waals surface area contributed by atoms with Gasteiger partial charge in [0.25, 0.3) is 0 Å². The number of nitrogens with one attached hydrogen (secondary N) is 2. The largest absolute Gasteiger partial charge is 0.478 e. The predicted molar refractivity (Wildman–Crippen MR) is 120 cm³/mol. The molecule has 186 valence electrons. The maximum atomic E-state index is 12.3. The van der Waals surface area contributed by atoms with E-state index < -0.39 is 60.5 Å². The number of ether oxygens (including phenoxy) is 1. The number of hydrogen-bond acceptors (Lipinski definition) is 8. The molecule has 0 spiro atoms. The maximum absolute atomic E-state index is 12.3. The summed E-state index contributed by atoms with van der Waals surface area (Å²) in [7, 11) is 0. The van der Waals surface area contributed by atoms with E-state index in [2.05, 4.69) is 15.6 Å². The van der Waals surface area contributed by atoms with Crippen LogP contribution in [-0.2, 0) is 25.5 Å². The van der Waals surface area contributed by atoms with Gasteiger partial charge in [0.1, 0.15) is 18.3 Å². The molecule has 12 nitrogen and oxygen atoms in total. The number of rotatable bonds is 9. The molecule has 1 aromatic carbocycles. The number of carbonyl (C=O) groups excluding carboxylic acids is 2. The van der Waals surface area contributed by atoms with E-state index in [0.29, 0.717) is 6.42 Å². The number of aliphatic carboxylic acids is 1. The Kier molecular flexibility index (Phi) is 9.54.